The molecule has 0 aromatic heterocycles. The van der Waals surface area contributed by atoms with Crippen LogP contribution in [0.1, 0.15) is 50.5 Å². The predicted molar refractivity (Wildman–Crippen MR) is 102 cm³/mol. The Labute approximate surface area is 155 Å². The van der Waals surface area contributed by atoms with E-state index in [0.717, 1.165) is 37.0 Å². The Morgan fingerprint density at radius 3 is 2.88 bits per heavy atom. The van der Waals surface area contributed by atoms with Crippen molar-refractivity contribution in [2.24, 2.45) is 5.92 Å². The van der Waals surface area contributed by atoms with Crippen molar-refractivity contribution in [2.45, 2.75) is 63.6 Å². The van der Waals surface area contributed by atoms with Crippen LogP contribution in [0.25, 0.3) is 0 Å². The molecular formula is C22H28O4. The van der Waals surface area contributed by atoms with Crippen molar-refractivity contribution in [3.63, 3.8) is 0 Å². The molecule has 1 aromatic carbocycles. The van der Waals surface area contributed by atoms with E-state index in [9.17, 15) is 9.90 Å². The highest BCUT2D eigenvalue weighted by Gasteiger charge is 2.32. The molecule has 0 spiro atoms. The van der Waals surface area contributed by atoms with Crippen LogP contribution in [0.3, 0.4) is 0 Å². The molecule has 26 heavy (non-hydrogen) atoms. The largest absolute Gasteiger partial charge is 0.490 e. The molecule has 2 N–H and O–H groups in total. The van der Waals surface area contributed by atoms with Crippen molar-refractivity contribution >= 4 is 5.97 Å². The van der Waals surface area contributed by atoms with E-state index < -0.39 is 5.97 Å². The smallest absolute Gasteiger partial charge is 0.303 e. The Balaban J connectivity index is 1.87. The van der Waals surface area contributed by atoms with Crippen molar-refractivity contribution in [1.82, 2.24) is 0 Å². The number of aliphatic hydroxyl groups is 1. The number of aryl methyl sites for hydroxylation is 1. The van der Waals surface area contributed by atoms with E-state index in [-0.39, 0.29) is 24.5 Å². The molecule has 0 bridgehead atoms. The van der Waals surface area contributed by atoms with Gasteiger partial charge in [0.1, 0.15) is 11.9 Å². The molecule has 0 radical (unpaired) electrons. The average Bonchev–Trinajstić information content (AvgIpc) is 2.95. The summed E-state index contributed by atoms with van der Waals surface area (Å²) in [4.78, 5) is 10.7. The van der Waals surface area contributed by atoms with Crippen molar-refractivity contribution < 1.29 is 19.7 Å². The number of rotatable bonds is 10. The second-order valence-electron chi connectivity index (χ2n) is 6.82. The van der Waals surface area contributed by atoms with E-state index in [1.807, 2.05) is 24.3 Å². The first kappa shape index (κ1) is 20.1. The number of para-hydroxylation sites is 1. The molecule has 1 aliphatic rings. The minimum atomic E-state index is -0.779. The quantitative estimate of drug-likeness (QED) is 0.378. The number of hydrogen-bond donors (Lipinski definition) is 2. The topological polar surface area (TPSA) is 66.8 Å². The van der Waals surface area contributed by atoms with Crippen LogP contribution in [0.4, 0.5) is 0 Å². The number of benzene rings is 1. The zero-order valence-corrected chi connectivity index (χ0v) is 15.1. The van der Waals surface area contributed by atoms with Crippen LogP contribution in [0, 0.1) is 18.3 Å². The second kappa shape index (κ2) is 10.7. The molecule has 1 saturated carbocycles. The van der Waals surface area contributed by atoms with Crippen LogP contribution < -0.4 is 4.74 Å². The fraction of sp³-hybridized carbons (Fsp3) is 0.500. The molecule has 0 aliphatic heterocycles. The minimum absolute atomic E-state index is 0.0222. The maximum Gasteiger partial charge on any atom is 0.303 e. The lowest BCUT2D eigenvalue weighted by molar-refractivity contribution is -0.137. The van der Waals surface area contributed by atoms with Crippen molar-refractivity contribution in [3.05, 3.63) is 42.0 Å². The lowest BCUT2D eigenvalue weighted by Gasteiger charge is -2.16. The summed E-state index contributed by atoms with van der Waals surface area (Å²) in [5.41, 5.74) is 1.02. The van der Waals surface area contributed by atoms with Gasteiger partial charge in [0.2, 0.25) is 0 Å². The number of ether oxygens (including phenoxy) is 1. The van der Waals surface area contributed by atoms with Crippen LogP contribution in [0.5, 0.6) is 5.75 Å². The van der Waals surface area contributed by atoms with Gasteiger partial charge in [0.15, 0.2) is 0 Å². The molecule has 0 saturated heterocycles. The van der Waals surface area contributed by atoms with Crippen molar-refractivity contribution in [3.8, 4) is 18.1 Å². The molecule has 3 atom stereocenters. The summed E-state index contributed by atoms with van der Waals surface area (Å²) in [5, 5.41) is 19.1. The van der Waals surface area contributed by atoms with E-state index in [4.69, 9.17) is 16.3 Å². The number of hydrogen-bond acceptors (Lipinski definition) is 3. The van der Waals surface area contributed by atoms with Gasteiger partial charge in [-0.3, -0.25) is 4.79 Å². The van der Waals surface area contributed by atoms with Crippen LogP contribution in [-0.2, 0) is 11.2 Å². The first-order chi connectivity index (χ1) is 12.6. The molecule has 0 heterocycles. The molecule has 2 rings (SSSR count). The summed E-state index contributed by atoms with van der Waals surface area (Å²) < 4.78 is 6.14. The first-order valence-corrected chi connectivity index (χ1v) is 9.34. The molecule has 1 unspecified atom stereocenters. The summed E-state index contributed by atoms with van der Waals surface area (Å²) in [6.45, 7) is 0. The third-order valence-electron chi connectivity index (χ3n) is 4.71. The lowest BCUT2D eigenvalue weighted by Crippen LogP contribution is -2.14. The highest BCUT2D eigenvalue weighted by Crippen LogP contribution is 2.32. The average molecular weight is 356 g/mol. The summed E-state index contributed by atoms with van der Waals surface area (Å²) in [5.74, 6) is 2.77. The molecule has 4 heteroatoms. The standard InChI is InChI=1S/C22H28O4/c1-2-3-4-5-6-11-18-15-19(16-20(18)23)26-21-13-8-7-10-17(21)12-9-14-22(24)25/h1,6-8,10-11,13,18-20,23H,3-5,9,12,14-16H2,(H,24,25)/b11-6+/t18?,19-,20-/m1/s1. The third-order valence-corrected chi connectivity index (χ3v) is 4.71. The van der Waals surface area contributed by atoms with Gasteiger partial charge >= 0.3 is 5.97 Å². The summed E-state index contributed by atoms with van der Waals surface area (Å²) in [6.07, 6.45) is 14.5. The molecule has 1 aromatic rings. The third kappa shape index (κ3) is 6.57. The van der Waals surface area contributed by atoms with Crippen molar-refractivity contribution in [2.75, 3.05) is 0 Å². The first-order valence-electron chi connectivity index (χ1n) is 9.34. The number of unbranched alkanes of at least 4 members (excludes halogenated alkanes) is 2. The van der Waals surface area contributed by atoms with Gasteiger partial charge in [-0.1, -0.05) is 30.4 Å². The zero-order valence-electron chi connectivity index (χ0n) is 15.1. The fourth-order valence-corrected chi connectivity index (χ4v) is 3.33. The second-order valence-corrected chi connectivity index (χ2v) is 6.82. The highest BCUT2D eigenvalue weighted by atomic mass is 16.5. The van der Waals surface area contributed by atoms with Gasteiger partial charge in [0.05, 0.1) is 6.10 Å². The molecule has 140 valence electrons. The zero-order chi connectivity index (χ0) is 18.8. The number of carboxylic acids is 1. The Morgan fingerprint density at radius 1 is 1.31 bits per heavy atom. The number of carbonyl (C=O) groups is 1. The molecule has 4 nitrogen and oxygen atoms in total. The van der Waals surface area contributed by atoms with Gasteiger partial charge in [-0.15, -0.1) is 12.3 Å². The van der Waals surface area contributed by atoms with E-state index >= 15 is 0 Å². The number of aliphatic hydroxyl groups excluding tert-OH is 1. The van der Waals surface area contributed by atoms with E-state index in [1.54, 1.807) is 0 Å². The summed E-state index contributed by atoms with van der Waals surface area (Å²) in [6, 6.07) is 7.76. The molecular weight excluding hydrogens is 328 g/mol. The van der Waals surface area contributed by atoms with E-state index in [0.29, 0.717) is 19.3 Å². The SMILES string of the molecule is C#CCCC/C=C/C1C[C@@H](Oc2ccccc2CCCC(=O)O)C[C@H]1O. The fourth-order valence-electron chi connectivity index (χ4n) is 3.33. The van der Waals surface area contributed by atoms with Crippen LogP contribution in [0.15, 0.2) is 36.4 Å². The maximum atomic E-state index is 10.7. The normalized spacial score (nSPS) is 22.4. The summed E-state index contributed by atoms with van der Waals surface area (Å²) >= 11 is 0. The van der Waals surface area contributed by atoms with Crippen LogP contribution in [0.2, 0.25) is 0 Å². The minimum Gasteiger partial charge on any atom is -0.490 e. The monoisotopic (exact) mass is 356 g/mol. The van der Waals surface area contributed by atoms with Gasteiger partial charge in [0.25, 0.3) is 0 Å². The Morgan fingerprint density at radius 2 is 2.12 bits per heavy atom. The number of allylic oxidation sites excluding steroid dienone is 1. The summed E-state index contributed by atoms with van der Waals surface area (Å²) in [7, 11) is 0. The number of terminal acetylenes is 1. The molecule has 1 aliphatic carbocycles. The Kier molecular flexibility index (Phi) is 8.24. The van der Waals surface area contributed by atoms with Crippen LogP contribution >= 0.6 is 0 Å². The predicted octanol–water partition coefficient (Wildman–Crippen LogP) is 3.97. The van der Waals surface area contributed by atoms with Gasteiger partial charge in [-0.05, 0) is 43.7 Å². The molecule has 1 fully saturated rings. The van der Waals surface area contributed by atoms with Gasteiger partial charge in [-0.25, -0.2) is 0 Å². The highest BCUT2D eigenvalue weighted by molar-refractivity contribution is 5.66. The van der Waals surface area contributed by atoms with Gasteiger partial charge in [0, 0.05) is 25.2 Å². The van der Waals surface area contributed by atoms with Gasteiger partial charge in [-0.2, -0.15) is 0 Å². The van der Waals surface area contributed by atoms with Crippen LogP contribution in [-0.4, -0.2) is 28.4 Å². The number of carboxylic acid groups (broad SMARTS) is 1. The van der Waals surface area contributed by atoms with E-state index in [2.05, 4.69) is 18.1 Å². The van der Waals surface area contributed by atoms with E-state index in [1.165, 1.54) is 0 Å². The maximum absolute atomic E-state index is 10.7. The number of aliphatic carboxylic acids is 1. The van der Waals surface area contributed by atoms with Gasteiger partial charge < -0.3 is 14.9 Å². The van der Waals surface area contributed by atoms with Crippen molar-refractivity contribution in [1.29, 1.82) is 0 Å². The molecule has 0 amide bonds. The Hall–Kier alpha value is -2.25. The Bertz CT molecular complexity index is 644. The lowest BCUT2D eigenvalue weighted by atomic mass is 10.0.